The lowest BCUT2D eigenvalue weighted by atomic mass is 10.1. The van der Waals surface area contributed by atoms with Crippen molar-refractivity contribution in [3.05, 3.63) is 71.5 Å². The zero-order valence-electron chi connectivity index (χ0n) is 15.8. The van der Waals surface area contributed by atoms with Crippen molar-refractivity contribution >= 4 is 33.1 Å². The average molecular weight is 453 g/mol. The fourth-order valence-corrected chi connectivity index (χ4v) is 4.11. The maximum atomic E-state index is 13.2. The topological polar surface area (TPSA) is 37.8 Å². The van der Waals surface area contributed by atoms with Crippen LogP contribution >= 0.6 is 11.3 Å². The molecule has 160 valence electrons. The third-order valence-corrected chi connectivity index (χ3v) is 5.49. The van der Waals surface area contributed by atoms with Gasteiger partial charge in [0.2, 0.25) is 0 Å². The first-order valence-corrected chi connectivity index (χ1v) is 9.72. The molecule has 4 aromatic rings. The van der Waals surface area contributed by atoms with Gasteiger partial charge in [-0.1, -0.05) is 30.3 Å². The number of hydrogen-bond acceptors (Lipinski definition) is 4. The first-order chi connectivity index (χ1) is 14.5. The average Bonchev–Trinajstić information content (AvgIpc) is 3.11. The fraction of sp³-hybridized carbons (Fsp3) is 0.143. The summed E-state index contributed by atoms with van der Waals surface area (Å²) >= 11 is 1.35. The lowest BCUT2D eigenvalue weighted by Gasteiger charge is -2.15. The van der Waals surface area contributed by atoms with Gasteiger partial charge in [0.1, 0.15) is 16.5 Å². The van der Waals surface area contributed by atoms with Crippen LogP contribution in [0.3, 0.4) is 0 Å². The zero-order valence-corrected chi connectivity index (χ0v) is 16.6. The van der Waals surface area contributed by atoms with Crippen molar-refractivity contribution in [2.45, 2.75) is 19.3 Å². The van der Waals surface area contributed by atoms with Gasteiger partial charge in [0.15, 0.2) is 0 Å². The Morgan fingerprint density at radius 2 is 1.42 bits per heavy atom. The van der Waals surface area contributed by atoms with E-state index in [2.05, 4.69) is 15.3 Å². The SMILES string of the molecule is Cc1nc(Nc2cc(C(F)(F)F)cc(C(F)(F)F)c2)c2cc(-c3ccccc3)sc2n1. The van der Waals surface area contributed by atoms with Crippen LogP contribution in [0.4, 0.5) is 37.8 Å². The van der Waals surface area contributed by atoms with Crippen LogP contribution in [0.5, 0.6) is 0 Å². The molecule has 0 saturated carbocycles. The molecule has 0 atom stereocenters. The Bertz CT molecular complexity index is 1210. The van der Waals surface area contributed by atoms with Gasteiger partial charge in [-0.25, -0.2) is 9.97 Å². The summed E-state index contributed by atoms with van der Waals surface area (Å²) in [4.78, 5) is 9.97. The molecule has 2 aromatic carbocycles. The molecule has 31 heavy (non-hydrogen) atoms. The normalized spacial score (nSPS) is 12.4. The molecule has 0 aliphatic rings. The second-order valence-corrected chi connectivity index (χ2v) is 7.77. The van der Waals surface area contributed by atoms with E-state index < -0.39 is 23.5 Å². The molecular weight excluding hydrogens is 440 g/mol. The van der Waals surface area contributed by atoms with Gasteiger partial charge < -0.3 is 5.32 Å². The van der Waals surface area contributed by atoms with Crippen LogP contribution in [0.1, 0.15) is 17.0 Å². The molecule has 10 heteroatoms. The van der Waals surface area contributed by atoms with Gasteiger partial charge >= 0.3 is 12.4 Å². The summed E-state index contributed by atoms with van der Waals surface area (Å²) in [6, 6.07) is 12.5. The number of nitrogens with one attached hydrogen (secondary N) is 1. The quantitative estimate of drug-likeness (QED) is 0.328. The second kappa shape index (κ2) is 7.52. The molecule has 2 aromatic heterocycles. The van der Waals surface area contributed by atoms with Gasteiger partial charge in [0.05, 0.1) is 16.5 Å². The number of aromatic nitrogens is 2. The van der Waals surface area contributed by atoms with Crippen LogP contribution in [0, 0.1) is 6.92 Å². The van der Waals surface area contributed by atoms with Gasteiger partial charge in [-0.3, -0.25) is 0 Å². The van der Waals surface area contributed by atoms with E-state index >= 15 is 0 Å². The highest BCUT2D eigenvalue weighted by Crippen LogP contribution is 2.40. The molecular formula is C21H13F6N3S. The number of rotatable bonds is 3. The van der Waals surface area contributed by atoms with Crippen molar-refractivity contribution in [3.63, 3.8) is 0 Å². The third kappa shape index (κ3) is 4.48. The van der Waals surface area contributed by atoms with E-state index in [4.69, 9.17) is 0 Å². The monoisotopic (exact) mass is 453 g/mol. The van der Waals surface area contributed by atoms with Crippen molar-refractivity contribution in [2.24, 2.45) is 0 Å². The number of benzene rings is 2. The van der Waals surface area contributed by atoms with Crippen LogP contribution < -0.4 is 5.32 Å². The molecule has 4 rings (SSSR count). The van der Waals surface area contributed by atoms with Crippen molar-refractivity contribution in [1.82, 2.24) is 9.97 Å². The molecule has 0 amide bonds. The van der Waals surface area contributed by atoms with E-state index in [0.29, 0.717) is 28.2 Å². The molecule has 1 N–H and O–H groups in total. The summed E-state index contributed by atoms with van der Waals surface area (Å²) < 4.78 is 79.0. The summed E-state index contributed by atoms with van der Waals surface area (Å²) in [7, 11) is 0. The molecule has 0 saturated heterocycles. The lowest BCUT2D eigenvalue weighted by Crippen LogP contribution is -2.11. The second-order valence-electron chi connectivity index (χ2n) is 6.73. The van der Waals surface area contributed by atoms with Crippen molar-refractivity contribution < 1.29 is 26.3 Å². The van der Waals surface area contributed by atoms with Crippen LogP contribution in [-0.4, -0.2) is 9.97 Å². The maximum absolute atomic E-state index is 13.2. The number of anilines is 2. The van der Waals surface area contributed by atoms with Crippen LogP contribution in [0.15, 0.2) is 54.6 Å². The number of thiophene rings is 1. The Hall–Kier alpha value is -3.14. The Morgan fingerprint density at radius 3 is 2.00 bits per heavy atom. The Morgan fingerprint density at radius 1 is 0.806 bits per heavy atom. The van der Waals surface area contributed by atoms with Crippen LogP contribution in [-0.2, 0) is 12.4 Å². The van der Waals surface area contributed by atoms with E-state index in [1.807, 2.05) is 30.3 Å². The number of nitrogens with zero attached hydrogens (tertiary/aromatic N) is 2. The minimum Gasteiger partial charge on any atom is -0.340 e. The molecule has 0 bridgehead atoms. The number of fused-ring (bicyclic) bond motifs is 1. The van der Waals surface area contributed by atoms with Gasteiger partial charge in [-0.05, 0) is 36.8 Å². The molecule has 2 heterocycles. The summed E-state index contributed by atoms with van der Waals surface area (Å²) in [6.45, 7) is 1.60. The largest absolute Gasteiger partial charge is 0.416 e. The predicted molar refractivity (Wildman–Crippen MR) is 107 cm³/mol. The predicted octanol–water partition coefficient (Wildman–Crippen LogP) is 7.45. The van der Waals surface area contributed by atoms with E-state index in [1.165, 1.54) is 11.3 Å². The smallest absolute Gasteiger partial charge is 0.340 e. The van der Waals surface area contributed by atoms with Gasteiger partial charge in [0.25, 0.3) is 0 Å². The van der Waals surface area contributed by atoms with Crippen molar-refractivity contribution in [2.75, 3.05) is 5.32 Å². The summed E-state index contributed by atoms with van der Waals surface area (Å²) in [5, 5.41) is 3.13. The molecule has 0 aliphatic heterocycles. The van der Waals surface area contributed by atoms with E-state index in [9.17, 15) is 26.3 Å². The number of aryl methyl sites for hydroxylation is 1. The van der Waals surface area contributed by atoms with E-state index in [0.717, 1.165) is 10.4 Å². The van der Waals surface area contributed by atoms with Gasteiger partial charge in [-0.15, -0.1) is 11.3 Å². The molecule has 0 aliphatic carbocycles. The molecule has 3 nitrogen and oxygen atoms in total. The highest BCUT2D eigenvalue weighted by atomic mass is 32.1. The summed E-state index contributed by atoms with van der Waals surface area (Å²) in [5.74, 6) is 0.466. The van der Waals surface area contributed by atoms with Crippen LogP contribution in [0.25, 0.3) is 20.7 Å². The minimum absolute atomic E-state index is 0.0874. The fourth-order valence-electron chi connectivity index (χ4n) is 3.03. The lowest BCUT2D eigenvalue weighted by molar-refractivity contribution is -0.143. The first-order valence-electron chi connectivity index (χ1n) is 8.91. The number of hydrogen-bond donors (Lipinski definition) is 1. The minimum atomic E-state index is -4.93. The van der Waals surface area contributed by atoms with Crippen molar-refractivity contribution in [1.29, 1.82) is 0 Å². The molecule has 0 unspecified atom stereocenters. The van der Waals surface area contributed by atoms with Gasteiger partial charge in [-0.2, -0.15) is 26.3 Å². The number of halogens is 6. The van der Waals surface area contributed by atoms with E-state index in [1.54, 1.807) is 13.0 Å². The zero-order chi connectivity index (χ0) is 22.4. The molecule has 0 radical (unpaired) electrons. The Kier molecular flexibility index (Phi) is 5.12. The summed E-state index contributed by atoms with van der Waals surface area (Å²) in [6.07, 6.45) is -9.87. The molecule has 0 spiro atoms. The standard InChI is InChI=1S/C21H13F6N3S/c1-11-28-18(16-10-17(31-19(16)29-11)12-5-3-2-4-6-12)30-15-8-13(20(22,23)24)7-14(9-15)21(25,26)27/h2-10H,1H3,(H,28,29,30). The Balaban J connectivity index is 1.82. The Labute approximate surface area is 176 Å². The maximum Gasteiger partial charge on any atom is 0.416 e. The van der Waals surface area contributed by atoms with Gasteiger partial charge in [0, 0.05) is 10.6 Å². The highest BCUT2D eigenvalue weighted by molar-refractivity contribution is 7.21. The summed E-state index contributed by atoms with van der Waals surface area (Å²) in [5.41, 5.74) is -2.26. The number of alkyl halides is 6. The van der Waals surface area contributed by atoms with Crippen molar-refractivity contribution in [3.8, 4) is 10.4 Å². The first kappa shape index (κ1) is 21.1. The molecule has 0 fully saturated rings. The van der Waals surface area contributed by atoms with E-state index in [-0.39, 0.29) is 17.6 Å². The third-order valence-electron chi connectivity index (χ3n) is 4.41. The highest BCUT2D eigenvalue weighted by Gasteiger charge is 2.37. The van der Waals surface area contributed by atoms with Crippen LogP contribution in [0.2, 0.25) is 0 Å².